The fraction of sp³-hybridized carbons (Fsp3) is 0.440. The van der Waals surface area contributed by atoms with E-state index in [1.807, 2.05) is 12.1 Å². The minimum Gasteiger partial charge on any atom is -0.496 e. The molecule has 1 aromatic carbocycles. The van der Waals surface area contributed by atoms with Crippen LogP contribution in [0, 0.1) is 11.7 Å². The second-order valence-electron chi connectivity index (χ2n) is 8.24. The molecule has 0 N–H and O–H groups in total. The quantitative estimate of drug-likeness (QED) is 0.342. The molecular weight excluding hydrogens is 381 g/mol. The van der Waals surface area contributed by atoms with Crippen LogP contribution in [0.2, 0.25) is 0 Å². The van der Waals surface area contributed by atoms with Crippen LogP contribution in [0.15, 0.2) is 71.1 Å². The van der Waals surface area contributed by atoms with Crippen molar-refractivity contribution < 1.29 is 9.13 Å². The topological polar surface area (TPSA) is 12.5 Å². The first-order chi connectivity index (χ1) is 13.8. The maximum absolute atomic E-state index is 13.4. The summed E-state index contributed by atoms with van der Waals surface area (Å²) in [6.45, 7) is 15.3. The SMILES string of the molecule is C=C(OC)C1=C(N(C(=C)C2CC=C(C)CC2)C(C)C)CC(c2ccc(F)cc2)S1. The highest BCUT2D eigenvalue weighted by Crippen LogP contribution is 2.52. The molecule has 29 heavy (non-hydrogen) atoms. The highest BCUT2D eigenvalue weighted by Gasteiger charge is 2.35. The van der Waals surface area contributed by atoms with Crippen molar-refractivity contribution in [2.75, 3.05) is 7.11 Å². The third kappa shape index (κ3) is 4.80. The number of halogens is 1. The van der Waals surface area contributed by atoms with E-state index >= 15 is 0 Å². The van der Waals surface area contributed by atoms with Crippen molar-refractivity contribution >= 4 is 11.8 Å². The van der Waals surface area contributed by atoms with Crippen LogP contribution in [-0.4, -0.2) is 18.1 Å². The van der Waals surface area contributed by atoms with Gasteiger partial charge in [-0.05, 0) is 57.7 Å². The molecule has 1 aliphatic carbocycles. The Labute approximate surface area is 179 Å². The zero-order valence-electron chi connectivity index (χ0n) is 18.0. The van der Waals surface area contributed by atoms with Gasteiger partial charge in [0.15, 0.2) is 0 Å². The third-order valence-corrected chi connectivity index (χ3v) is 7.29. The largest absolute Gasteiger partial charge is 0.496 e. The molecule has 0 saturated heterocycles. The lowest BCUT2D eigenvalue weighted by molar-refractivity contribution is 0.281. The highest BCUT2D eigenvalue weighted by atomic mass is 32.2. The average Bonchev–Trinajstić information content (AvgIpc) is 3.13. The molecule has 1 heterocycles. The van der Waals surface area contributed by atoms with Gasteiger partial charge in [0.1, 0.15) is 11.6 Å². The molecule has 2 nitrogen and oxygen atoms in total. The van der Waals surface area contributed by atoms with Crippen LogP contribution in [-0.2, 0) is 4.74 Å². The van der Waals surface area contributed by atoms with Gasteiger partial charge in [0.2, 0.25) is 0 Å². The first-order valence-corrected chi connectivity index (χ1v) is 11.2. The normalized spacial score (nSPS) is 21.9. The first-order valence-electron chi connectivity index (χ1n) is 10.3. The standard InChI is InChI=1S/C25H32FNOS/c1-16(2)27(18(4)20-9-7-17(3)8-10-20)23-15-24(29-25(23)19(5)28-6)21-11-13-22(26)14-12-21/h7,11-14,16,20,24H,4-5,8-10,15H2,1-3,6H3. The molecule has 2 unspecified atom stereocenters. The van der Waals surface area contributed by atoms with Crippen molar-refractivity contribution in [3.63, 3.8) is 0 Å². The fourth-order valence-corrected chi connectivity index (χ4v) is 5.54. The molecule has 2 atom stereocenters. The summed E-state index contributed by atoms with van der Waals surface area (Å²) in [5, 5.41) is 0.218. The summed E-state index contributed by atoms with van der Waals surface area (Å²) in [5.41, 5.74) is 5.01. The molecular formula is C25H32FNOS. The number of methoxy groups -OCH3 is 1. The summed E-state index contributed by atoms with van der Waals surface area (Å²) in [5.74, 6) is 0.942. The van der Waals surface area contributed by atoms with E-state index in [4.69, 9.17) is 4.74 Å². The van der Waals surface area contributed by atoms with Crippen LogP contribution in [0.3, 0.4) is 0 Å². The van der Waals surface area contributed by atoms with Gasteiger partial charge in [-0.1, -0.05) is 36.9 Å². The number of nitrogens with zero attached hydrogens (tertiary/aromatic N) is 1. The molecule has 0 saturated carbocycles. The van der Waals surface area contributed by atoms with Crippen LogP contribution < -0.4 is 0 Å². The second-order valence-corrected chi connectivity index (χ2v) is 9.46. The highest BCUT2D eigenvalue weighted by molar-refractivity contribution is 8.03. The smallest absolute Gasteiger partial charge is 0.127 e. The van der Waals surface area contributed by atoms with E-state index in [0.29, 0.717) is 11.7 Å². The van der Waals surface area contributed by atoms with Crippen molar-refractivity contribution in [2.45, 2.75) is 57.7 Å². The predicted molar refractivity (Wildman–Crippen MR) is 122 cm³/mol. The molecule has 1 aliphatic heterocycles. The minimum atomic E-state index is -0.204. The number of hydrogen-bond donors (Lipinski definition) is 0. The molecule has 156 valence electrons. The molecule has 0 fully saturated rings. The van der Waals surface area contributed by atoms with Crippen LogP contribution in [0.25, 0.3) is 0 Å². The monoisotopic (exact) mass is 413 g/mol. The van der Waals surface area contributed by atoms with E-state index in [-0.39, 0.29) is 17.1 Å². The number of benzene rings is 1. The molecule has 3 rings (SSSR count). The molecule has 4 heteroatoms. The Bertz CT molecular complexity index is 837. The summed E-state index contributed by atoms with van der Waals surface area (Å²) < 4.78 is 18.9. The lowest BCUT2D eigenvalue weighted by Gasteiger charge is -2.37. The van der Waals surface area contributed by atoms with Crippen LogP contribution >= 0.6 is 11.8 Å². The first kappa shape index (κ1) is 21.8. The number of ether oxygens (including phenoxy) is 1. The van der Waals surface area contributed by atoms with Gasteiger partial charge in [0.05, 0.1) is 12.0 Å². The van der Waals surface area contributed by atoms with Crippen LogP contribution in [0.4, 0.5) is 4.39 Å². The Hall–Kier alpha value is -1.94. The molecule has 0 spiro atoms. The van der Waals surface area contributed by atoms with Crippen LogP contribution in [0.5, 0.6) is 0 Å². The Kier molecular flexibility index (Phi) is 6.94. The van der Waals surface area contributed by atoms with Crippen molar-refractivity contribution in [3.05, 3.63) is 82.5 Å². The van der Waals surface area contributed by atoms with Crippen molar-refractivity contribution in [1.29, 1.82) is 0 Å². The van der Waals surface area contributed by atoms with Gasteiger partial charge in [-0.3, -0.25) is 0 Å². The van der Waals surface area contributed by atoms with Crippen molar-refractivity contribution in [2.24, 2.45) is 5.92 Å². The van der Waals surface area contributed by atoms with E-state index in [9.17, 15) is 4.39 Å². The predicted octanol–water partition coefficient (Wildman–Crippen LogP) is 7.35. The maximum Gasteiger partial charge on any atom is 0.127 e. The summed E-state index contributed by atoms with van der Waals surface area (Å²) in [6, 6.07) is 7.12. The minimum absolute atomic E-state index is 0.204. The maximum atomic E-state index is 13.4. The fourth-order valence-electron chi connectivity index (χ4n) is 4.19. The van der Waals surface area contributed by atoms with E-state index in [0.717, 1.165) is 36.2 Å². The van der Waals surface area contributed by atoms with Gasteiger partial charge < -0.3 is 9.64 Å². The molecule has 0 amide bonds. The van der Waals surface area contributed by atoms with Gasteiger partial charge in [0.25, 0.3) is 0 Å². The Balaban J connectivity index is 1.91. The summed E-state index contributed by atoms with van der Waals surface area (Å²) in [4.78, 5) is 3.48. The summed E-state index contributed by atoms with van der Waals surface area (Å²) in [6.07, 6.45) is 6.54. The average molecular weight is 414 g/mol. The molecule has 0 aromatic heterocycles. The van der Waals surface area contributed by atoms with E-state index in [1.165, 1.54) is 29.1 Å². The lowest BCUT2D eigenvalue weighted by atomic mass is 9.87. The van der Waals surface area contributed by atoms with Crippen molar-refractivity contribution in [1.82, 2.24) is 4.90 Å². The summed E-state index contributed by atoms with van der Waals surface area (Å²) in [7, 11) is 1.67. The van der Waals surface area contributed by atoms with E-state index in [1.54, 1.807) is 18.9 Å². The zero-order valence-corrected chi connectivity index (χ0v) is 18.8. The number of rotatable bonds is 7. The molecule has 0 radical (unpaired) electrons. The van der Waals surface area contributed by atoms with Gasteiger partial charge in [-0.25, -0.2) is 4.39 Å². The molecule has 2 aliphatic rings. The van der Waals surface area contributed by atoms with Gasteiger partial charge >= 0.3 is 0 Å². The van der Waals surface area contributed by atoms with Crippen LogP contribution in [0.1, 0.15) is 57.3 Å². The molecule has 1 aromatic rings. The summed E-state index contributed by atoms with van der Waals surface area (Å²) >= 11 is 1.76. The van der Waals surface area contributed by atoms with Gasteiger partial charge in [0, 0.05) is 35.0 Å². The molecule has 0 bridgehead atoms. The number of allylic oxidation sites excluding steroid dienone is 4. The number of hydrogen-bond acceptors (Lipinski definition) is 3. The van der Waals surface area contributed by atoms with E-state index in [2.05, 4.69) is 44.9 Å². The Morgan fingerprint density at radius 1 is 1.24 bits per heavy atom. The number of thioether (sulfide) groups is 1. The Morgan fingerprint density at radius 2 is 1.93 bits per heavy atom. The second kappa shape index (κ2) is 9.25. The van der Waals surface area contributed by atoms with Crippen molar-refractivity contribution in [3.8, 4) is 0 Å². The zero-order chi connectivity index (χ0) is 21.1. The van der Waals surface area contributed by atoms with E-state index < -0.39 is 0 Å². The Morgan fingerprint density at radius 3 is 2.48 bits per heavy atom. The van der Waals surface area contributed by atoms with Gasteiger partial charge in [-0.2, -0.15) is 0 Å². The lowest BCUT2D eigenvalue weighted by Crippen LogP contribution is -2.33. The van der Waals surface area contributed by atoms with Gasteiger partial charge in [-0.15, -0.1) is 11.8 Å². The third-order valence-electron chi connectivity index (χ3n) is 5.87.